The zero-order valence-electron chi connectivity index (χ0n) is 12.6. The van der Waals surface area contributed by atoms with Crippen molar-refractivity contribution in [3.05, 3.63) is 35.4 Å². The van der Waals surface area contributed by atoms with E-state index in [1.807, 2.05) is 31.2 Å². The standard InChI is InChI=1S/C16H20N2O3/c1-11-9-18(10-15(21-11)16(19)20-3)12(2)14-6-4-13(8-17)5-7-14/h4-7,11-12,15H,9-10H2,1-3H3/t11-,12+,15-/m1/s1. The third kappa shape index (κ3) is 3.60. The van der Waals surface area contributed by atoms with E-state index in [0.717, 1.165) is 12.1 Å². The second-order valence-corrected chi connectivity index (χ2v) is 5.32. The van der Waals surface area contributed by atoms with Crippen molar-refractivity contribution in [2.45, 2.75) is 32.1 Å². The van der Waals surface area contributed by atoms with Crippen molar-refractivity contribution in [3.8, 4) is 6.07 Å². The van der Waals surface area contributed by atoms with Crippen LogP contribution < -0.4 is 0 Å². The molecular weight excluding hydrogens is 268 g/mol. The lowest BCUT2D eigenvalue weighted by Crippen LogP contribution is -2.50. The summed E-state index contributed by atoms with van der Waals surface area (Å²) in [6.07, 6.45) is -0.566. The molecule has 1 aliphatic rings. The number of esters is 1. The summed E-state index contributed by atoms with van der Waals surface area (Å²) in [4.78, 5) is 13.9. The number of carbonyl (C=O) groups excluding carboxylic acids is 1. The molecule has 0 spiro atoms. The van der Waals surface area contributed by atoms with Crippen LogP contribution in [0.4, 0.5) is 0 Å². The average Bonchev–Trinajstić information content (AvgIpc) is 2.52. The molecule has 5 nitrogen and oxygen atoms in total. The van der Waals surface area contributed by atoms with Crippen LogP contribution in [0.1, 0.15) is 31.0 Å². The largest absolute Gasteiger partial charge is 0.467 e. The van der Waals surface area contributed by atoms with Gasteiger partial charge in [-0.25, -0.2) is 4.79 Å². The first-order chi connectivity index (χ1) is 10.0. The number of hydrogen-bond donors (Lipinski definition) is 0. The third-order valence-corrected chi connectivity index (χ3v) is 3.82. The summed E-state index contributed by atoms with van der Waals surface area (Å²) < 4.78 is 10.4. The molecule has 1 aliphatic heterocycles. The minimum Gasteiger partial charge on any atom is -0.467 e. The van der Waals surface area contributed by atoms with E-state index in [1.165, 1.54) is 7.11 Å². The fourth-order valence-corrected chi connectivity index (χ4v) is 2.61. The molecule has 2 rings (SSSR count). The first-order valence-corrected chi connectivity index (χ1v) is 7.02. The lowest BCUT2D eigenvalue weighted by atomic mass is 10.0. The van der Waals surface area contributed by atoms with Gasteiger partial charge >= 0.3 is 5.97 Å². The molecule has 0 amide bonds. The van der Waals surface area contributed by atoms with E-state index in [4.69, 9.17) is 14.7 Å². The van der Waals surface area contributed by atoms with Crippen LogP contribution in [0.15, 0.2) is 24.3 Å². The number of ether oxygens (including phenoxy) is 2. The van der Waals surface area contributed by atoms with Gasteiger partial charge in [0.05, 0.1) is 24.8 Å². The monoisotopic (exact) mass is 288 g/mol. The molecule has 0 saturated carbocycles. The molecule has 0 aliphatic carbocycles. The second kappa shape index (κ2) is 6.70. The van der Waals surface area contributed by atoms with Gasteiger partial charge in [0.1, 0.15) is 0 Å². The normalized spacial score (nSPS) is 24.1. The van der Waals surface area contributed by atoms with E-state index in [9.17, 15) is 4.79 Å². The van der Waals surface area contributed by atoms with E-state index in [0.29, 0.717) is 12.1 Å². The van der Waals surface area contributed by atoms with E-state index < -0.39 is 6.10 Å². The summed E-state index contributed by atoms with van der Waals surface area (Å²) in [5, 5.41) is 8.85. The molecule has 0 unspecified atom stereocenters. The molecule has 1 aromatic carbocycles. The highest BCUT2D eigenvalue weighted by molar-refractivity contribution is 5.75. The predicted octanol–water partition coefficient (Wildman–Crippen LogP) is 1.88. The Kier molecular flexibility index (Phi) is 4.94. The maximum absolute atomic E-state index is 11.7. The number of nitriles is 1. The first-order valence-electron chi connectivity index (χ1n) is 7.02. The van der Waals surface area contributed by atoms with Crippen molar-refractivity contribution in [3.63, 3.8) is 0 Å². The number of hydrogen-bond acceptors (Lipinski definition) is 5. The third-order valence-electron chi connectivity index (χ3n) is 3.82. The van der Waals surface area contributed by atoms with E-state index in [-0.39, 0.29) is 18.1 Å². The van der Waals surface area contributed by atoms with E-state index in [2.05, 4.69) is 17.9 Å². The summed E-state index contributed by atoms with van der Waals surface area (Å²) in [6, 6.07) is 9.80. The van der Waals surface area contributed by atoms with Crippen molar-refractivity contribution in [1.82, 2.24) is 4.90 Å². The number of morpholine rings is 1. The van der Waals surface area contributed by atoms with Crippen LogP contribution >= 0.6 is 0 Å². The Labute approximate surface area is 125 Å². The van der Waals surface area contributed by atoms with Crippen LogP contribution in [0.25, 0.3) is 0 Å². The quantitative estimate of drug-likeness (QED) is 0.795. The highest BCUT2D eigenvalue weighted by Crippen LogP contribution is 2.25. The topological polar surface area (TPSA) is 62.6 Å². The fourth-order valence-electron chi connectivity index (χ4n) is 2.61. The number of rotatable bonds is 3. The van der Waals surface area contributed by atoms with Crippen molar-refractivity contribution in [1.29, 1.82) is 5.26 Å². The Morgan fingerprint density at radius 1 is 1.43 bits per heavy atom. The van der Waals surface area contributed by atoms with Gasteiger partial charge in [0.15, 0.2) is 6.10 Å². The Morgan fingerprint density at radius 2 is 2.10 bits per heavy atom. The molecule has 1 heterocycles. The summed E-state index contributed by atoms with van der Waals surface area (Å²) in [5.74, 6) is -0.335. The summed E-state index contributed by atoms with van der Waals surface area (Å²) >= 11 is 0. The van der Waals surface area contributed by atoms with Crippen LogP contribution in [-0.2, 0) is 14.3 Å². The molecule has 0 N–H and O–H groups in total. The van der Waals surface area contributed by atoms with Gasteiger partial charge in [-0.15, -0.1) is 0 Å². The molecule has 21 heavy (non-hydrogen) atoms. The molecule has 1 aromatic rings. The Morgan fingerprint density at radius 3 is 2.67 bits per heavy atom. The minimum atomic E-state index is -0.542. The zero-order valence-corrected chi connectivity index (χ0v) is 12.6. The molecule has 0 aromatic heterocycles. The van der Waals surface area contributed by atoms with Crippen LogP contribution in [0.5, 0.6) is 0 Å². The molecule has 0 bridgehead atoms. The molecular formula is C16H20N2O3. The van der Waals surface area contributed by atoms with Gasteiger partial charge in [-0.1, -0.05) is 12.1 Å². The van der Waals surface area contributed by atoms with Crippen LogP contribution in [0.3, 0.4) is 0 Å². The first kappa shape index (κ1) is 15.5. The maximum Gasteiger partial charge on any atom is 0.336 e. The Balaban J connectivity index is 2.11. The van der Waals surface area contributed by atoms with Crippen molar-refractivity contribution < 1.29 is 14.3 Å². The smallest absolute Gasteiger partial charge is 0.336 e. The maximum atomic E-state index is 11.7. The van der Waals surface area contributed by atoms with Gasteiger partial charge < -0.3 is 9.47 Å². The van der Waals surface area contributed by atoms with Gasteiger partial charge in [-0.2, -0.15) is 5.26 Å². The lowest BCUT2D eigenvalue weighted by molar-refractivity contribution is -0.167. The van der Waals surface area contributed by atoms with Gasteiger partial charge in [0.2, 0.25) is 0 Å². The van der Waals surface area contributed by atoms with Crippen LogP contribution in [0, 0.1) is 11.3 Å². The number of benzene rings is 1. The van der Waals surface area contributed by atoms with E-state index >= 15 is 0 Å². The number of methoxy groups -OCH3 is 1. The van der Waals surface area contributed by atoms with Crippen molar-refractivity contribution in [2.24, 2.45) is 0 Å². The van der Waals surface area contributed by atoms with Gasteiger partial charge in [0, 0.05) is 19.1 Å². The van der Waals surface area contributed by atoms with Crippen molar-refractivity contribution >= 4 is 5.97 Å². The molecule has 112 valence electrons. The van der Waals surface area contributed by atoms with Gasteiger partial charge in [0.25, 0.3) is 0 Å². The average molecular weight is 288 g/mol. The molecule has 1 fully saturated rings. The highest BCUT2D eigenvalue weighted by Gasteiger charge is 2.33. The summed E-state index contributed by atoms with van der Waals surface area (Å²) in [5.41, 5.74) is 1.76. The molecule has 1 saturated heterocycles. The zero-order chi connectivity index (χ0) is 15.4. The second-order valence-electron chi connectivity index (χ2n) is 5.32. The summed E-state index contributed by atoms with van der Waals surface area (Å²) in [7, 11) is 1.37. The lowest BCUT2D eigenvalue weighted by Gasteiger charge is -2.39. The minimum absolute atomic E-state index is 0.0244. The highest BCUT2D eigenvalue weighted by atomic mass is 16.6. The van der Waals surface area contributed by atoms with Gasteiger partial charge in [-0.3, -0.25) is 4.90 Å². The van der Waals surface area contributed by atoms with Crippen LogP contribution in [-0.4, -0.2) is 43.3 Å². The predicted molar refractivity (Wildman–Crippen MR) is 77.5 cm³/mol. The van der Waals surface area contributed by atoms with Crippen molar-refractivity contribution in [2.75, 3.05) is 20.2 Å². The number of nitrogens with zero attached hydrogens (tertiary/aromatic N) is 2. The number of carbonyl (C=O) groups is 1. The molecule has 5 heteroatoms. The van der Waals surface area contributed by atoms with Crippen LogP contribution in [0.2, 0.25) is 0 Å². The molecule has 0 radical (unpaired) electrons. The van der Waals surface area contributed by atoms with E-state index in [1.54, 1.807) is 0 Å². The SMILES string of the molecule is COC(=O)[C@H]1CN([C@@H](C)c2ccc(C#N)cc2)C[C@@H](C)O1. The Bertz CT molecular complexity index is 535. The van der Waals surface area contributed by atoms with Gasteiger partial charge in [-0.05, 0) is 31.5 Å². The fraction of sp³-hybridized carbons (Fsp3) is 0.500. The summed E-state index contributed by atoms with van der Waals surface area (Å²) in [6.45, 7) is 5.31. The Hall–Kier alpha value is -1.90. The molecule has 3 atom stereocenters.